The van der Waals surface area contributed by atoms with Gasteiger partial charge in [0.1, 0.15) is 0 Å². The van der Waals surface area contributed by atoms with Crippen molar-refractivity contribution in [3.63, 3.8) is 0 Å². The van der Waals surface area contributed by atoms with E-state index in [-0.39, 0.29) is 22.8 Å². The summed E-state index contributed by atoms with van der Waals surface area (Å²) < 4.78 is 23.7. The van der Waals surface area contributed by atoms with Crippen LogP contribution in [0.2, 0.25) is 0 Å². The minimum absolute atomic E-state index is 0.0109. The maximum absolute atomic E-state index is 11.9. The smallest absolute Gasteiger partial charge is 0.161 e. The number of amidine groups is 1. The maximum Gasteiger partial charge on any atom is 0.161 e. The number of rotatable bonds is 2. The van der Waals surface area contributed by atoms with E-state index in [0.717, 1.165) is 17.7 Å². The molecule has 2 saturated heterocycles. The Morgan fingerprint density at radius 2 is 2.15 bits per heavy atom. The molecule has 2 heterocycles. The minimum Gasteiger partial charge on any atom is -0.316 e. The van der Waals surface area contributed by atoms with Crippen molar-refractivity contribution >= 4 is 32.5 Å². The predicted octanol–water partition coefficient (Wildman–Crippen LogP) is 2.21. The van der Waals surface area contributed by atoms with Gasteiger partial charge in [-0.2, -0.15) is 0 Å². The molecule has 0 unspecified atom stereocenters. The van der Waals surface area contributed by atoms with Gasteiger partial charge in [-0.05, 0) is 24.5 Å². The van der Waals surface area contributed by atoms with Crippen LogP contribution in [0.3, 0.4) is 0 Å². The van der Waals surface area contributed by atoms with E-state index in [1.54, 1.807) is 0 Å². The number of fused-ring (bicyclic) bond motifs is 1. The van der Waals surface area contributed by atoms with Crippen molar-refractivity contribution < 1.29 is 8.42 Å². The predicted molar refractivity (Wildman–Crippen MR) is 84.6 cm³/mol. The van der Waals surface area contributed by atoms with Gasteiger partial charge in [-0.15, -0.1) is 0 Å². The molecule has 2 atom stereocenters. The molecule has 0 saturated carbocycles. The van der Waals surface area contributed by atoms with Crippen molar-refractivity contribution in [2.24, 2.45) is 0 Å². The lowest BCUT2D eigenvalue weighted by atomic mass is 10.0. The second-order valence-corrected chi connectivity index (χ2v) is 8.79. The van der Waals surface area contributed by atoms with E-state index in [1.165, 1.54) is 17.3 Å². The number of aryl methyl sites for hydroxylation is 2. The molecule has 3 rings (SSSR count). The van der Waals surface area contributed by atoms with Gasteiger partial charge < -0.3 is 4.90 Å². The average molecular weight is 310 g/mol. The Labute approximate surface area is 124 Å². The van der Waals surface area contributed by atoms with Gasteiger partial charge in [0.2, 0.25) is 0 Å². The highest BCUT2D eigenvalue weighted by Crippen LogP contribution is 2.42. The summed E-state index contributed by atoms with van der Waals surface area (Å²) in [6, 6.07) is 6.04. The first-order valence-electron chi connectivity index (χ1n) is 6.76. The van der Waals surface area contributed by atoms with Crippen molar-refractivity contribution in [2.45, 2.75) is 31.6 Å². The molecule has 2 aliphatic heterocycles. The summed E-state index contributed by atoms with van der Waals surface area (Å²) in [6.45, 7) is 4.12. The average Bonchev–Trinajstić information content (AvgIpc) is 2.80. The SMILES string of the molecule is CCc1cccc(C)c1N1C(=N)S[C@@H]2CS(=O)(=O)C[C@@H]21. The van der Waals surface area contributed by atoms with Crippen LogP contribution in [-0.2, 0) is 16.3 Å². The highest BCUT2D eigenvalue weighted by atomic mass is 32.2. The van der Waals surface area contributed by atoms with Gasteiger partial charge in [-0.1, -0.05) is 36.9 Å². The van der Waals surface area contributed by atoms with Crippen LogP contribution in [0.4, 0.5) is 5.69 Å². The molecular weight excluding hydrogens is 292 g/mol. The fraction of sp³-hybridized carbons (Fsp3) is 0.500. The lowest BCUT2D eigenvalue weighted by Gasteiger charge is -2.28. The topological polar surface area (TPSA) is 61.2 Å². The number of thioether (sulfide) groups is 1. The van der Waals surface area contributed by atoms with E-state index in [4.69, 9.17) is 5.41 Å². The molecule has 0 aliphatic carbocycles. The van der Waals surface area contributed by atoms with Crippen molar-refractivity contribution in [2.75, 3.05) is 16.4 Å². The molecule has 0 amide bonds. The van der Waals surface area contributed by atoms with Crippen molar-refractivity contribution in [1.29, 1.82) is 5.41 Å². The van der Waals surface area contributed by atoms with Gasteiger partial charge in [0, 0.05) is 10.9 Å². The Kier molecular flexibility index (Phi) is 3.33. The van der Waals surface area contributed by atoms with Crippen LogP contribution < -0.4 is 4.90 Å². The monoisotopic (exact) mass is 310 g/mol. The molecular formula is C14H18N2O2S2. The van der Waals surface area contributed by atoms with Crippen molar-refractivity contribution in [3.05, 3.63) is 29.3 Å². The van der Waals surface area contributed by atoms with Gasteiger partial charge in [-0.3, -0.25) is 5.41 Å². The van der Waals surface area contributed by atoms with E-state index in [0.29, 0.717) is 5.17 Å². The van der Waals surface area contributed by atoms with Crippen LogP contribution in [-0.4, -0.2) is 36.4 Å². The molecule has 0 spiro atoms. The Morgan fingerprint density at radius 1 is 1.40 bits per heavy atom. The summed E-state index contributed by atoms with van der Waals surface area (Å²) in [6.07, 6.45) is 0.885. The van der Waals surface area contributed by atoms with E-state index in [2.05, 4.69) is 13.0 Å². The second kappa shape index (κ2) is 4.77. The zero-order chi connectivity index (χ0) is 14.5. The first-order chi connectivity index (χ1) is 9.43. The Balaban J connectivity index is 2.08. The van der Waals surface area contributed by atoms with E-state index in [1.807, 2.05) is 24.0 Å². The molecule has 2 fully saturated rings. The van der Waals surface area contributed by atoms with E-state index in [9.17, 15) is 8.42 Å². The van der Waals surface area contributed by atoms with Crippen LogP contribution in [0.1, 0.15) is 18.1 Å². The standard InChI is InChI=1S/C14H18N2O2S2/c1-3-10-6-4-5-9(2)13(10)16-11-7-20(17,18)8-12(11)19-14(16)15/h4-6,11-12,15H,3,7-8H2,1-2H3/t11-,12+/m0/s1. The quantitative estimate of drug-likeness (QED) is 0.910. The van der Waals surface area contributed by atoms with Gasteiger partial charge >= 0.3 is 0 Å². The van der Waals surface area contributed by atoms with Gasteiger partial charge in [-0.25, -0.2) is 8.42 Å². The van der Waals surface area contributed by atoms with Crippen molar-refractivity contribution in [1.82, 2.24) is 0 Å². The zero-order valence-electron chi connectivity index (χ0n) is 11.6. The third-order valence-electron chi connectivity index (χ3n) is 4.03. The fourth-order valence-electron chi connectivity index (χ4n) is 3.12. The number of para-hydroxylation sites is 1. The first-order valence-corrected chi connectivity index (χ1v) is 9.46. The molecule has 1 aromatic rings. The molecule has 0 radical (unpaired) electrons. The third kappa shape index (κ3) is 2.15. The summed E-state index contributed by atoms with van der Waals surface area (Å²) in [5.41, 5.74) is 3.33. The van der Waals surface area contributed by atoms with E-state index < -0.39 is 9.84 Å². The molecule has 1 N–H and O–H groups in total. The molecule has 1 aromatic carbocycles. The molecule has 20 heavy (non-hydrogen) atoms. The lowest BCUT2D eigenvalue weighted by Crippen LogP contribution is -2.38. The summed E-state index contributed by atoms with van der Waals surface area (Å²) in [5.74, 6) is 0.374. The molecule has 6 heteroatoms. The number of nitrogens with zero attached hydrogens (tertiary/aromatic N) is 1. The number of benzene rings is 1. The highest BCUT2D eigenvalue weighted by molar-refractivity contribution is 8.15. The zero-order valence-corrected chi connectivity index (χ0v) is 13.2. The number of hydrogen-bond acceptors (Lipinski definition) is 4. The normalized spacial score (nSPS) is 27.9. The van der Waals surface area contributed by atoms with Gasteiger partial charge in [0.15, 0.2) is 15.0 Å². The maximum atomic E-state index is 11.9. The summed E-state index contributed by atoms with van der Waals surface area (Å²) >= 11 is 1.40. The number of sulfone groups is 1. The second-order valence-electron chi connectivity index (χ2n) is 5.41. The first kappa shape index (κ1) is 13.9. The number of hydrogen-bond donors (Lipinski definition) is 1. The van der Waals surface area contributed by atoms with Crippen LogP contribution >= 0.6 is 11.8 Å². The Bertz CT molecular complexity index is 670. The molecule has 108 valence electrons. The third-order valence-corrected chi connectivity index (χ3v) is 7.16. The van der Waals surface area contributed by atoms with Crippen LogP contribution in [0.15, 0.2) is 18.2 Å². The van der Waals surface area contributed by atoms with Gasteiger partial charge in [0.25, 0.3) is 0 Å². The van der Waals surface area contributed by atoms with Crippen LogP contribution in [0.5, 0.6) is 0 Å². The fourth-order valence-corrected chi connectivity index (χ4v) is 6.90. The summed E-state index contributed by atoms with van der Waals surface area (Å²) in [7, 11) is -2.96. The molecule has 4 nitrogen and oxygen atoms in total. The van der Waals surface area contributed by atoms with Gasteiger partial charge in [0.05, 0.1) is 17.5 Å². The van der Waals surface area contributed by atoms with Crippen molar-refractivity contribution in [3.8, 4) is 0 Å². The number of nitrogens with one attached hydrogen (secondary N) is 1. The Morgan fingerprint density at radius 3 is 2.85 bits per heavy atom. The number of anilines is 1. The minimum atomic E-state index is -2.96. The highest BCUT2D eigenvalue weighted by Gasteiger charge is 2.49. The molecule has 0 bridgehead atoms. The lowest BCUT2D eigenvalue weighted by molar-refractivity contribution is 0.601. The van der Waals surface area contributed by atoms with E-state index >= 15 is 0 Å². The Hall–Kier alpha value is -1.01. The summed E-state index contributed by atoms with van der Waals surface area (Å²) in [5, 5.41) is 8.73. The molecule has 0 aromatic heterocycles. The summed E-state index contributed by atoms with van der Waals surface area (Å²) in [4.78, 5) is 1.95. The molecule has 2 aliphatic rings. The van der Waals surface area contributed by atoms with Crippen LogP contribution in [0, 0.1) is 12.3 Å². The van der Waals surface area contributed by atoms with Crippen LogP contribution in [0.25, 0.3) is 0 Å². The largest absolute Gasteiger partial charge is 0.316 e.